The van der Waals surface area contributed by atoms with Gasteiger partial charge < -0.3 is 9.47 Å². The fourth-order valence-electron chi connectivity index (χ4n) is 3.39. The van der Waals surface area contributed by atoms with Gasteiger partial charge in [-0.3, -0.25) is 0 Å². The zero-order valence-electron chi connectivity index (χ0n) is 15.8. The molecule has 0 bridgehead atoms. The van der Waals surface area contributed by atoms with Crippen LogP contribution in [0.15, 0.2) is 35.6 Å². The van der Waals surface area contributed by atoms with Crippen LogP contribution in [0.1, 0.15) is 40.1 Å². The van der Waals surface area contributed by atoms with Crippen LogP contribution in [-0.4, -0.2) is 35.4 Å². The van der Waals surface area contributed by atoms with E-state index in [0.29, 0.717) is 12.2 Å². The Morgan fingerprint density at radius 3 is 2.82 bits per heavy atom. The molecule has 0 radical (unpaired) electrons. The van der Waals surface area contributed by atoms with Crippen molar-refractivity contribution in [2.75, 3.05) is 19.5 Å². The molecule has 0 saturated heterocycles. The summed E-state index contributed by atoms with van der Waals surface area (Å²) in [7, 11) is 1.38. The highest BCUT2D eigenvalue weighted by Crippen LogP contribution is 2.39. The van der Waals surface area contributed by atoms with Crippen LogP contribution < -0.4 is 4.74 Å². The Bertz CT molecular complexity index is 970. The van der Waals surface area contributed by atoms with Gasteiger partial charge in [-0.2, -0.15) is 0 Å². The number of hydrogen-bond acceptors (Lipinski definition) is 7. The number of thioether (sulfide) groups is 1. The smallest absolute Gasteiger partial charge is 0.337 e. The molecule has 0 fully saturated rings. The number of methoxy groups -OCH3 is 1. The monoisotopic (exact) mass is 414 g/mol. The Morgan fingerprint density at radius 2 is 2.00 bits per heavy atom. The van der Waals surface area contributed by atoms with E-state index >= 15 is 0 Å². The zero-order chi connectivity index (χ0) is 19.3. The van der Waals surface area contributed by atoms with E-state index in [4.69, 9.17) is 9.47 Å². The van der Waals surface area contributed by atoms with Crippen LogP contribution in [0.4, 0.5) is 0 Å². The molecule has 0 unspecified atom stereocenters. The lowest BCUT2D eigenvalue weighted by atomic mass is 9.97. The standard InChI is InChI=1S/C21H22N2O3S2/c1-25-21(24)14-7-9-15(10-8-14)26-11-4-12-27-19-18-16-5-2-3-6-17(16)28-20(18)23-13-22-19/h7-10,13H,2-6,11-12H2,1H3. The first-order chi connectivity index (χ1) is 13.8. The van der Waals surface area contributed by atoms with Crippen molar-refractivity contribution in [3.63, 3.8) is 0 Å². The minimum Gasteiger partial charge on any atom is -0.494 e. The van der Waals surface area contributed by atoms with E-state index < -0.39 is 0 Å². The molecule has 1 aromatic carbocycles. The molecule has 4 rings (SSSR count). The summed E-state index contributed by atoms with van der Waals surface area (Å²) >= 11 is 3.62. The maximum Gasteiger partial charge on any atom is 0.337 e. The number of aryl methyl sites for hydroxylation is 2. The first-order valence-corrected chi connectivity index (χ1v) is 11.3. The maximum atomic E-state index is 11.4. The molecule has 1 aliphatic rings. The molecule has 0 atom stereocenters. The first kappa shape index (κ1) is 19.2. The van der Waals surface area contributed by atoms with Crippen molar-refractivity contribution in [3.05, 3.63) is 46.6 Å². The number of rotatable bonds is 7. The molecule has 2 heterocycles. The molecule has 7 heteroatoms. The normalized spacial score (nSPS) is 13.3. The average molecular weight is 415 g/mol. The van der Waals surface area contributed by atoms with E-state index in [-0.39, 0.29) is 5.97 Å². The molecule has 2 aromatic heterocycles. The van der Waals surface area contributed by atoms with E-state index in [9.17, 15) is 4.79 Å². The summed E-state index contributed by atoms with van der Waals surface area (Å²) in [5.41, 5.74) is 2.01. The van der Waals surface area contributed by atoms with Crippen LogP contribution in [0.5, 0.6) is 5.75 Å². The molecule has 1 aliphatic carbocycles. The van der Waals surface area contributed by atoms with Crippen LogP contribution >= 0.6 is 23.1 Å². The van der Waals surface area contributed by atoms with Crippen molar-refractivity contribution in [1.29, 1.82) is 0 Å². The van der Waals surface area contributed by atoms with Gasteiger partial charge in [-0.15, -0.1) is 23.1 Å². The molecule has 0 N–H and O–H groups in total. The minimum absolute atomic E-state index is 0.338. The molecule has 0 aliphatic heterocycles. The van der Waals surface area contributed by atoms with E-state index in [0.717, 1.165) is 34.2 Å². The summed E-state index contributed by atoms with van der Waals surface area (Å²) in [5.74, 6) is 1.36. The molecule has 0 saturated carbocycles. The lowest BCUT2D eigenvalue weighted by Crippen LogP contribution is -2.02. The maximum absolute atomic E-state index is 11.4. The van der Waals surface area contributed by atoms with Crippen molar-refractivity contribution >= 4 is 39.3 Å². The van der Waals surface area contributed by atoms with Gasteiger partial charge in [0, 0.05) is 16.0 Å². The van der Waals surface area contributed by atoms with Gasteiger partial charge in [-0.25, -0.2) is 14.8 Å². The SMILES string of the molecule is COC(=O)c1ccc(OCCCSc2ncnc3sc4c(c23)CCCC4)cc1. The molecular weight excluding hydrogens is 392 g/mol. The van der Waals surface area contributed by atoms with Crippen molar-refractivity contribution in [3.8, 4) is 5.75 Å². The van der Waals surface area contributed by atoms with Gasteiger partial charge >= 0.3 is 5.97 Å². The van der Waals surface area contributed by atoms with Gasteiger partial charge in [0.15, 0.2) is 0 Å². The number of esters is 1. The fourth-order valence-corrected chi connectivity index (χ4v) is 5.63. The molecule has 5 nitrogen and oxygen atoms in total. The second kappa shape index (κ2) is 8.92. The van der Waals surface area contributed by atoms with Gasteiger partial charge in [-0.05, 0) is 61.9 Å². The van der Waals surface area contributed by atoms with Gasteiger partial charge in [-0.1, -0.05) is 0 Å². The van der Waals surface area contributed by atoms with Gasteiger partial charge in [0.1, 0.15) is 21.9 Å². The number of nitrogens with zero attached hydrogens (tertiary/aromatic N) is 2. The molecular formula is C21H22N2O3S2. The third kappa shape index (κ3) is 4.15. The number of aromatic nitrogens is 2. The highest BCUT2D eigenvalue weighted by molar-refractivity contribution is 7.99. The van der Waals surface area contributed by atoms with Crippen molar-refractivity contribution in [2.24, 2.45) is 0 Å². The summed E-state index contributed by atoms with van der Waals surface area (Å²) in [6.07, 6.45) is 7.49. The van der Waals surface area contributed by atoms with Crippen LogP contribution in [0, 0.1) is 0 Å². The van der Waals surface area contributed by atoms with Crippen LogP contribution in [0.3, 0.4) is 0 Å². The largest absolute Gasteiger partial charge is 0.494 e. The van der Waals surface area contributed by atoms with Gasteiger partial charge in [0.05, 0.1) is 19.3 Å². The summed E-state index contributed by atoms with van der Waals surface area (Å²) in [6, 6.07) is 7.02. The van der Waals surface area contributed by atoms with E-state index in [1.807, 2.05) is 11.3 Å². The predicted molar refractivity (Wildman–Crippen MR) is 113 cm³/mol. The zero-order valence-corrected chi connectivity index (χ0v) is 17.4. The van der Waals surface area contributed by atoms with E-state index in [1.165, 1.54) is 42.2 Å². The van der Waals surface area contributed by atoms with Gasteiger partial charge in [0.2, 0.25) is 0 Å². The summed E-state index contributed by atoms with van der Waals surface area (Å²) in [6.45, 7) is 0.626. The highest BCUT2D eigenvalue weighted by Gasteiger charge is 2.19. The lowest BCUT2D eigenvalue weighted by molar-refractivity contribution is 0.0600. The third-order valence-electron chi connectivity index (χ3n) is 4.79. The second-order valence-corrected chi connectivity index (χ2v) is 8.80. The summed E-state index contributed by atoms with van der Waals surface area (Å²) < 4.78 is 10.5. The lowest BCUT2D eigenvalue weighted by Gasteiger charge is -2.11. The van der Waals surface area contributed by atoms with Crippen molar-refractivity contribution in [1.82, 2.24) is 9.97 Å². The fraction of sp³-hybridized carbons (Fsp3) is 0.381. The van der Waals surface area contributed by atoms with Crippen LogP contribution in [-0.2, 0) is 17.6 Å². The van der Waals surface area contributed by atoms with Crippen molar-refractivity contribution < 1.29 is 14.3 Å². The second-order valence-electron chi connectivity index (χ2n) is 6.64. The van der Waals surface area contributed by atoms with E-state index in [1.54, 1.807) is 42.4 Å². The van der Waals surface area contributed by atoms with Crippen molar-refractivity contribution in [2.45, 2.75) is 37.1 Å². The average Bonchev–Trinajstić information content (AvgIpc) is 3.13. The number of hydrogen-bond donors (Lipinski definition) is 0. The topological polar surface area (TPSA) is 61.3 Å². The number of carbonyl (C=O) groups excluding carboxylic acids is 1. The highest BCUT2D eigenvalue weighted by atomic mass is 32.2. The number of fused-ring (bicyclic) bond motifs is 3. The first-order valence-electron chi connectivity index (χ1n) is 9.45. The predicted octanol–water partition coefficient (Wildman–Crippen LogP) is 4.92. The number of benzene rings is 1. The third-order valence-corrected chi connectivity index (χ3v) is 7.06. The molecule has 3 aromatic rings. The summed E-state index contributed by atoms with van der Waals surface area (Å²) in [5, 5.41) is 2.39. The van der Waals surface area contributed by atoms with Crippen LogP contribution in [0.2, 0.25) is 0 Å². The Hall–Kier alpha value is -2.12. The minimum atomic E-state index is -0.338. The number of ether oxygens (including phenoxy) is 2. The molecule has 0 amide bonds. The molecule has 0 spiro atoms. The van der Waals surface area contributed by atoms with Gasteiger partial charge in [0.25, 0.3) is 0 Å². The van der Waals surface area contributed by atoms with Crippen LogP contribution in [0.25, 0.3) is 10.2 Å². The van der Waals surface area contributed by atoms with E-state index in [2.05, 4.69) is 9.97 Å². The molecule has 146 valence electrons. The quantitative estimate of drug-likeness (QED) is 0.237. The number of carbonyl (C=O) groups is 1. The summed E-state index contributed by atoms with van der Waals surface area (Å²) in [4.78, 5) is 23.1. The Morgan fingerprint density at radius 1 is 1.18 bits per heavy atom. The molecule has 28 heavy (non-hydrogen) atoms. The Balaban J connectivity index is 1.31. The Labute approximate surface area is 172 Å². The number of thiophene rings is 1. The Kier molecular flexibility index (Phi) is 6.12.